The van der Waals surface area contributed by atoms with E-state index in [2.05, 4.69) is 20.6 Å². The summed E-state index contributed by atoms with van der Waals surface area (Å²) < 4.78 is 1.80. The largest absolute Gasteiger partial charge is 0.378 e. The molecule has 0 fully saturated rings. The predicted molar refractivity (Wildman–Crippen MR) is 58.6 cm³/mol. The summed E-state index contributed by atoms with van der Waals surface area (Å²) in [6.45, 7) is 4.76. The van der Waals surface area contributed by atoms with Crippen molar-refractivity contribution >= 4 is 5.69 Å². The molecule has 0 spiro atoms. The van der Waals surface area contributed by atoms with Crippen LogP contribution in [0.25, 0.3) is 0 Å². The SMILES string of the molecule is Cc1n[nH]c(C)c1NCc1cnn(C)c1. The van der Waals surface area contributed by atoms with Gasteiger partial charge >= 0.3 is 0 Å². The molecule has 2 rings (SSSR count). The Kier molecular flexibility index (Phi) is 2.45. The molecular weight excluding hydrogens is 190 g/mol. The van der Waals surface area contributed by atoms with Crippen LogP contribution in [0.2, 0.25) is 0 Å². The first-order valence-electron chi connectivity index (χ1n) is 4.90. The van der Waals surface area contributed by atoms with Crippen LogP contribution in [0.4, 0.5) is 5.69 Å². The first-order valence-corrected chi connectivity index (χ1v) is 4.90. The van der Waals surface area contributed by atoms with Crippen molar-refractivity contribution in [3.8, 4) is 0 Å². The van der Waals surface area contributed by atoms with E-state index in [1.54, 1.807) is 4.68 Å². The van der Waals surface area contributed by atoms with Crippen molar-refractivity contribution in [3.05, 3.63) is 29.3 Å². The van der Waals surface area contributed by atoms with Crippen molar-refractivity contribution in [3.63, 3.8) is 0 Å². The highest BCUT2D eigenvalue weighted by Gasteiger charge is 2.05. The molecular formula is C10H15N5. The van der Waals surface area contributed by atoms with Crippen LogP contribution in [0.5, 0.6) is 0 Å². The lowest BCUT2D eigenvalue weighted by molar-refractivity contribution is 0.767. The van der Waals surface area contributed by atoms with Gasteiger partial charge in [0.2, 0.25) is 0 Å². The second-order valence-corrected chi connectivity index (χ2v) is 3.68. The second-order valence-electron chi connectivity index (χ2n) is 3.68. The number of aryl methyl sites for hydroxylation is 3. The molecule has 80 valence electrons. The number of hydrogen-bond acceptors (Lipinski definition) is 3. The van der Waals surface area contributed by atoms with Crippen LogP contribution in [-0.4, -0.2) is 20.0 Å². The number of hydrogen-bond donors (Lipinski definition) is 2. The summed E-state index contributed by atoms with van der Waals surface area (Å²) in [5.74, 6) is 0. The summed E-state index contributed by atoms with van der Waals surface area (Å²) in [6.07, 6.45) is 3.86. The molecule has 0 amide bonds. The van der Waals surface area contributed by atoms with Gasteiger partial charge in [0.15, 0.2) is 0 Å². The van der Waals surface area contributed by atoms with E-state index in [1.165, 1.54) is 0 Å². The molecule has 0 aromatic carbocycles. The minimum Gasteiger partial charge on any atom is -0.378 e. The Balaban J connectivity index is 2.05. The third-order valence-corrected chi connectivity index (χ3v) is 2.36. The Morgan fingerprint density at radius 3 is 2.80 bits per heavy atom. The van der Waals surface area contributed by atoms with Crippen molar-refractivity contribution in [1.29, 1.82) is 0 Å². The quantitative estimate of drug-likeness (QED) is 0.795. The third kappa shape index (κ3) is 2.01. The number of rotatable bonds is 3. The summed E-state index contributed by atoms with van der Waals surface area (Å²) in [5, 5.41) is 14.5. The van der Waals surface area contributed by atoms with Gasteiger partial charge in [-0.05, 0) is 13.8 Å². The van der Waals surface area contributed by atoms with Gasteiger partial charge < -0.3 is 5.32 Å². The highest BCUT2D eigenvalue weighted by Crippen LogP contribution is 2.16. The first kappa shape index (κ1) is 9.76. The van der Waals surface area contributed by atoms with Gasteiger partial charge in [-0.15, -0.1) is 0 Å². The minimum absolute atomic E-state index is 0.773. The topological polar surface area (TPSA) is 58.5 Å². The fourth-order valence-electron chi connectivity index (χ4n) is 1.56. The lowest BCUT2D eigenvalue weighted by atomic mass is 10.3. The first-order chi connectivity index (χ1) is 7.16. The predicted octanol–water partition coefficient (Wildman–Crippen LogP) is 1.37. The summed E-state index contributed by atoms with van der Waals surface area (Å²) in [7, 11) is 1.91. The number of nitrogens with zero attached hydrogens (tertiary/aromatic N) is 3. The van der Waals surface area contributed by atoms with Crippen molar-refractivity contribution in [2.75, 3.05) is 5.32 Å². The molecule has 0 aliphatic heterocycles. The van der Waals surface area contributed by atoms with Gasteiger partial charge in [0.05, 0.1) is 23.3 Å². The molecule has 2 N–H and O–H groups in total. The molecule has 2 heterocycles. The molecule has 2 aromatic rings. The molecule has 0 aliphatic rings. The van der Waals surface area contributed by atoms with Gasteiger partial charge in [0, 0.05) is 25.4 Å². The highest BCUT2D eigenvalue weighted by molar-refractivity contribution is 5.51. The molecule has 0 unspecified atom stereocenters. The molecule has 2 aromatic heterocycles. The normalized spacial score (nSPS) is 10.6. The lowest BCUT2D eigenvalue weighted by Gasteiger charge is -2.03. The summed E-state index contributed by atoms with van der Waals surface area (Å²) in [5.41, 5.74) is 4.31. The second kappa shape index (κ2) is 3.76. The maximum atomic E-state index is 4.13. The Morgan fingerprint density at radius 2 is 2.27 bits per heavy atom. The van der Waals surface area contributed by atoms with Crippen LogP contribution >= 0.6 is 0 Å². The van der Waals surface area contributed by atoms with E-state index >= 15 is 0 Å². The molecule has 0 aliphatic carbocycles. The average Bonchev–Trinajstić information content (AvgIpc) is 2.73. The van der Waals surface area contributed by atoms with E-state index in [0.29, 0.717) is 0 Å². The molecule has 0 saturated heterocycles. The smallest absolute Gasteiger partial charge is 0.0825 e. The Bertz CT molecular complexity index is 435. The maximum absolute atomic E-state index is 4.13. The van der Waals surface area contributed by atoms with Crippen LogP contribution in [0.3, 0.4) is 0 Å². The van der Waals surface area contributed by atoms with Crippen LogP contribution in [0, 0.1) is 13.8 Å². The van der Waals surface area contributed by atoms with E-state index in [-0.39, 0.29) is 0 Å². The van der Waals surface area contributed by atoms with E-state index in [0.717, 1.165) is 29.2 Å². The fourth-order valence-corrected chi connectivity index (χ4v) is 1.56. The van der Waals surface area contributed by atoms with Crippen LogP contribution in [0.1, 0.15) is 17.0 Å². The monoisotopic (exact) mass is 205 g/mol. The standard InChI is InChI=1S/C10H15N5/c1-7-10(8(2)14-13-7)11-4-9-5-12-15(3)6-9/h5-6,11H,4H2,1-3H3,(H,13,14). The minimum atomic E-state index is 0.773. The molecule has 5 heteroatoms. The number of nitrogens with one attached hydrogen (secondary N) is 2. The van der Waals surface area contributed by atoms with Gasteiger partial charge in [-0.2, -0.15) is 10.2 Å². The molecule has 5 nitrogen and oxygen atoms in total. The zero-order valence-electron chi connectivity index (χ0n) is 9.20. The van der Waals surface area contributed by atoms with E-state index in [9.17, 15) is 0 Å². The Morgan fingerprint density at radius 1 is 1.47 bits per heavy atom. The van der Waals surface area contributed by atoms with Crippen molar-refractivity contribution in [2.24, 2.45) is 7.05 Å². The Labute approximate surface area is 88.5 Å². The number of aromatic amines is 1. The summed E-state index contributed by atoms with van der Waals surface area (Å²) in [6, 6.07) is 0. The molecule has 15 heavy (non-hydrogen) atoms. The zero-order valence-corrected chi connectivity index (χ0v) is 9.20. The molecule has 0 radical (unpaired) electrons. The Hall–Kier alpha value is -1.78. The lowest BCUT2D eigenvalue weighted by Crippen LogP contribution is -2.00. The van der Waals surface area contributed by atoms with Crippen LogP contribution in [0.15, 0.2) is 12.4 Å². The maximum Gasteiger partial charge on any atom is 0.0825 e. The van der Waals surface area contributed by atoms with Gasteiger partial charge in [-0.3, -0.25) is 9.78 Å². The van der Waals surface area contributed by atoms with E-state index in [4.69, 9.17) is 0 Å². The van der Waals surface area contributed by atoms with Gasteiger partial charge in [-0.25, -0.2) is 0 Å². The molecule has 0 bridgehead atoms. The number of anilines is 1. The third-order valence-electron chi connectivity index (χ3n) is 2.36. The van der Waals surface area contributed by atoms with Crippen molar-refractivity contribution in [1.82, 2.24) is 20.0 Å². The number of aromatic nitrogens is 4. The highest BCUT2D eigenvalue weighted by atomic mass is 15.2. The van der Waals surface area contributed by atoms with Crippen LogP contribution < -0.4 is 5.32 Å². The van der Waals surface area contributed by atoms with Crippen molar-refractivity contribution < 1.29 is 0 Å². The summed E-state index contributed by atoms with van der Waals surface area (Å²) in [4.78, 5) is 0. The van der Waals surface area contributed by atoms with Gasteiger partial charge in [-0.1, -0.05) is 0 Å². The van der Waals surface area contributed by atoms with Crippen LogP contribution in [-0.2, 0) is 13.6 Å². The number of H-pyrrole nitrogens is 1. The van der Waals surface area contributed by atoms with Gasteiger partial charge in [0.1, 0.15) is 0 Å². The van der Waals surface area contributed by atoms with Crippen molar-refractivity contribution in [2.45, 2.75) is 20.4 Å². The van der Waals surface area contributed by atoms with Gasteiger partial charge in [0.25, 0.3) is 0 Å². The molecule has 0 atom stereocenters. The van der Waals surface area contributed by atoms with E-state index in [1.807, 2.05) is 33.3 Å². The molecule has 0 saturated carbocycles. The fraction of sp³-hybridized carbons (Fsp3) is 0.400. The average molecular weight is 205 g/mol. The summed E-state index contributed by atoms with van der Waals surface area (Å²) >= 11 is 0. The zero-order chi connectivity index (χ0) is 10.8. The van der Waals surface area contributed by atoms with E-state index < -0.39 is 0 Å².